The third-order valence-electron chi connectivity index (χ3n) is 2.59. The highest BCUT2D eigenvalue weighted by molar-refractivity contribution is 9.10. The van der Waals surface area contributed by atoms with Gasteiger partial charge in [0.05, 0.1) is 0 Å². The van der Waals surface area contributed by atoms with Crippen LogP contribution in [0.1, 0.15) is 16.1 Å². The molecule has 0 aliphatic heterocycles. The Labute approximate surface area is 125 Å². The quantitative estimate of drug-likeness (QED) is 0.927. The average Bonchev–Trinajstić information content (AvgIpc) is 2.41. The Bertz CT molecular complexity index is 572. The molecule has 0 saturated carbocycles. The lowest BCUT2D eigenvalue weighted by Gasteiger charge is -2.06. The largest absolute Gasteiger partial charge is 0.350 e. The predicted octanol–water partition coefficient (Wildman–Crippen LogP) is 3.47. The Balaban J connectivity index is 1.88. The van der Waals surface area contributed by atoms with Gasteiger partial charge in [-0.1, -0.05) is 23.7 Å². The number of nitrogens with one attached hydrogen (secondary N) is 1. The SMILES string of the molecule is O=C(NCCc1ccc(Cl)cc1)c1ncccc1Br. The van der Waals surface area contributed by atoms with Crippen molar-refractivity contribution in [1.82, 2.24) is 10.3 Å². The topological polar surface area (TPSA) is 42.0 Å². The molecule has 2 rings (SSSR count). The van der Waals surface area contributed by atoms with Crippen molar-refractivity contribution in [1.29, 1.82) is 0 Å². The molecule has 1 amide bonds. The number of rotatable bonds is 4. The molecule has 1 aromatic heterocycles. The van der Waals surface area contributed by atoms with Crippen LogP contribution in [-0.2, 0) is 6.42 Å². The van der Waals surface area contributed by atoms with E-state index < -0.39 is 0 Å². The van der Waals surface area contributed by atoms with E-state index in [9.17, 15) is 4.79 Å². The summed E-state index contributed by atoms with van der Waals surface area (Å²) in [6, 6.07) is 11.1. The summed E-state index contributed by atoms with van der Waals surface area (Å²) in [5.74, 6) is -0.179. The fraction of sp³-hybridized carbons (Fsp3) is 0.143. The summed E-state index contributed by atoms with van der Waals surface area (Å²) in [5, 5.41) is 3.55. The molecule has 1 N–H and O–H groups in total. The molecule has 0 saturated heterocycles. The zero-order chi connectivity index (χ0) is 13.7. The van der Waals surface area contributed by atoms with Gasteiger partial charge in [-0.15, -0.1) is 0 Å². The first-order chi connectivity index (χ1) is 9.16. The zero-order valence-corrected chi connectivity index (χ0v) is 12.4. The van der Waals surface area contributed by atoms with Crippen LogP contribution in [0.15, 0.2) is 47.1 Å². The first-order valence-corrected chi connectivity index (χ1v) is 6.97. The van der Waals surface area contributed by atoms with Crippen LogP contribution in [0.25, 0.3) is 0 Å². The molecule has 0 bridgehead atoms. The molecular formula is C14H12BrClN2O. The van der Waals surface area contributed by atoms with E-state index in [1.165, 1.54) is 0 Å². The van der Waals surface area contributed by atoms with Gasteiger partial charge in [0.2, 0.25) is 0 Å². The Kier molecular flexibility index (Phi) is 4.93. The van der Waals surface area contributed by atoms with Crippen LogP contribution in [0.4, 0.5) is 0 Å². The number of aromatic nitrogens is 1. The third kappa shape index (κ3) is 4.04. The van der Waals surface area contributed by atoms with Crippen LogP contribution in [-0.4, -0.2) is 17.4 Å². The molecule has 0 unspecified atom stereocenters. The number of pyridine rings is 1. The van der Waals surface area contributed by atoms with Crippen molar-refractivity contribution >= 4 is 33.4 Å². The van der Waals surface area contributed by atoms with Crippen molar-refractivity contribution in [2.24, 2.45) is 0 Å². The van der Waals surface area contributed by atoms with E-state index in [-0.39, 0.29) is 5.91 Å². The van der Waals surface area contributed by atoms with Crippen molar-refractivity contribution in [2.45, 2.75) is 6.42 Å². The number of amides is 1. The van der Waals surface area contributed by atoms with E-state index in [4.69, 9.17) is 11.6 Å². The third-order valence-corrected chi connectivity index (χ3v) is 3.48. The van der Waals surface area contributed by atoms with Crippen LogP contribution >= 0.6 is 27.5 Å². The van der Waals surface area contributed by atoms with Gasteiger partial charge < -0.3 is 5.32 Å². The molecule has 3 nitrogen and oxygen atoms in total. The van der Waals surface area contributed by atoms with Crippen LogP contribution in [0.2, 0.25) is 5.02 Å². The predicted molar refractivity (Wildman–Crippen MR) is 79.4 cm³/mol. The Morgan fingerprint density at radius 1 is 1.26 bits per heavy atom. The van der Waals surface area contributed by atoms with Gasteiger partial charge in [0, 0.05) is 22.2 Å². The standard InChI is InChI=1S/C14H12BrClN2O/c15-12-2-1-8-17-13(12)14(19)18-9-7-10-3-5-11(16)6-4-10/h1-6,8H,7,9H2,(H,18,19). The number of carbonyl (C=O) groups excluding carboxylic acids is 1. The molecule has 1 heterocycles. The van der Waals surface area contributed by atoms with Crippen molar-refractivity contribution in [3.63, 3.8) is 0 Å². The lowest BCUT2D eigenvalue weighted by Crippen LogP contribution is -2.26. The minimum atomic E-state index is -0.179. The van der Waals surface area contributed by atoms with Gasteiger partial charge >= 0.3 is 0 Å². The highest BCUT2D eigenvalue weighted by Gasteiger charge is 2.09. The summed E-state index contributed by atoms with van der Waals surface area (Å²) in [6.45, 7) is 0.559. The minimum Gasteiger partial charge on any atom is -0.350 e. The second-order valence-corrected chi connectivity index (χ2v) is 5.26. The van der Waals surface area contributed by atoms with Gasteiger partial charge in [0.25, 0.3) is 5.91 Å². The van der Waals surface area contributed by atoms with Crippen LogP contribution in [0.5, 0.6) is 0 Å². The monoisotopic (exact) mass is 338 g/mol. The maximum atomic E-state index is 11.9. The smallest absolute Gasteiger partial charge is 0.271 e. The second kappa shape index (κ2) is 6.68. The fourth-order valence-corrected chi connectivity index (χ4v) is 2.17. The normalized spacial score (nSPS) is 10.2. The summed E-state index contributed by atoms with van der Waals surface area (Å²) in [5.41, 5.74) is 1.53. The zero-order valence-electron chi connectivity index (χ0n) is 10.1. The Morgan fingerprint density at radius 3 is 2.68 bits per heavy atom. The Morgan fingerprint density at radius 2 is 2.00 bits per heavy atom. The summed E-state index contributed by atoms with van der Waals surface area (Å²) in [7, 11) is 0. The molecule has 0 radical (unpaired) electrons. The van der Waals surface area contributed by atoms with Crippen LogP contribution in [0, 0.1) is 0 Å². The van der Waals surface area contributed by atoms with E-state index in [0.717, 1.165) is 12.0 Å². The molecule has 0 aliphatic carbocycles. The molecule has 1 aromatic carbocycles. The number of hydrogen-bond acceptors (Lipinski definition) is 2. The average molecular weight is 340 g/mol. The number of nitrogens with zero attached hydrogens (tertiary/aromatic N) is 1. The molecule has 19 heavy (non-hydrogen) atoms. The van der Waals surface area contributed by atoms with E-state index in [0.29, 0.717) is 21.7 Å². The van der Waals surface area contributed by atoms with E-state index in [2.05, 4.69) is 26.2 Å². The second-order valence-electron chi connectivity index (χ2n) is 3.97. The highest BCUT2D eigenvalue weighted by atomic mass is 79.9. The summed E-state index contributed by atoms with van der Waals surface area (Å²) in [4.78, 5) is 15.9. The molecule has 5 heteroatoms. The molecular weight excluding hydrogens is 328 g/mol. The van der Waals surface area contributed by atoms with Gasteiger partial charge in [-0.2, -0.15) is 0 Å². The lowest BCUT2D eigenvalue weighted by molar-refractivity contribution is 0.0948. The van der Waals surface area contributed by atoms with Crippen LogP contribution < -0.4 is 5.32 Å². The van der Waals surface area contributed by atoms with Gasteiger partial charge in [-0.05, 0) is 52.2 Å². The molecule has 0 fully saturated rings. The van der Waals surface area contributed by atoms with Gasteiger partial charge in [0.1, 0.15) is 5.69 Å². The molecule has 0 atom stereocenters. The van der Waals surface area contributed by atoms with E-state index >= 15 is 0 Å². The maximum Gasteiger partial charge on any atom is 0.271 e. The molecule has 98 valence electrons. The first-order valence-electron chi connectivity index (χ1n) is 5.80. The van der Waals surface area contributed by atoms with E-state index in [1.54, 1.807) is 18.3 Å². The first kappa shape index (κ1) is 14.0. The molecule has 0 aliphatic rings. The van der Waals surface area contributed by atoms with Crippen LogP contribution in [0.3, 0.4) is 0 Å². The van der Waals surface area contributed by atoms with Gasteiger partial charge in [-0.3, -0.25) is 4.79 Å². The number of benzene rings is 1. The van der Waals surface area contributed by atoms with Crippen molar-refractivity contribution < 1.29 is 4.79 Å². The Hall–Kier alpha value is -1.39. The molecule has 0 spiro atoms. The summed E-state index contributed by atoms with van der Waals surface area (Å²) in [6.07, 6.45) is 2.35. The fourth-order valence-electron chi connectivity index (χ4n) is 1.61. The van der Waals surface area contributed by atoms with Gasteiger partial charge in [-0.25, -0.2) is 4.98 Å². The number of carbonyl (C=O) groups is 1. The highest BCUT2D eigenvalue weighted by Crippen LogP contribution is 2.13. The maximum absolute atomic E-state index is 11.9. The van der Waals surface area contributed by atoms with Crippen molar-refractivity contribution in [3.8, 4) is 0 Å². The summed E-state index contributed by atoms with van der Waals surface area (Å²) < 4.78 is 0.694. The van der Waals surface area contributed by atoms with E-state index in [1.807, 2.05) is 24.3 Å². The van der Waals surface area contributed by atoms with Crippen molar-refractivity contribution in [2.75, 3.05) is 6.54 Å². The summed E-state index contributed by atoms with van der Waals surface area (Å²) >= 11 is 9.11. The number of halogens is 2. The minimum absolute atomic E-state index is 0.179. The number of hydrogen-bond donors (Lipinski definition) is 1. The van der Waals surface area contributed by atoms with Gasteiger partial charge in [0.15, 0.2) is 0 Å². The molecule has 2 aromatic rings. The van der Waals surface area contributed by atoms with Crippen molar-refractivity contribution in [3.05, 3.63) is 63.3 Å². The lowest BCUT2D eigenvalue weighted by atomic mass is 10.1.